The highest BCUT2D eigenvalue weighted by Crippen LogP contribution is 2.46. The summed E-state index contributed by atoms with van der Waals surface area (Å²) in [7, 11) is 0. The van der Waals surface area contributed by atoms with Crippen molar-refractivity contribution < 1.29 is 0 Å². The maximum Gasteiger partial charge on any atom is 0.0824 e. The van der Waals surface area contributed by atoms with Crippen molar-refractivity contribution in [2.24, 2.45) is 17.2 Å². The van der Waals surface area contributed by atoms with E-state index in [0.29, 0.717) is 22.4 Å². The summed E-state index contributed by atoms with van der Waals surface area (Å²) in [5, 5.41) is 0. The molecule has 0 saturated heterocycles. The van der Waals surface area contributed by atoms with Gasteiger partial charge in [0.15, 0.2) is 0 Å². The molecular weight excluding hydrogens is 268 g/mol. The molecule has 112 valence electrons. The fraction of sp³-hybridized carbons (Fsp3) is 0.0769. The van der Waals surface area contributed by atoms with Gasteiger partial charge in [0.1, 0.15) is 0 Å². The third-order valence-corrected chi connectivity index (χ3v) is 3.71. The smallest absolute Gasteiger partial charge is 0.0824 e. The third-order valence-electron chi connectivity index (χ3n) is 3.71. The van der Waals surface area contributed by atoms with Crippen LogP contribution in [-0.2, 0) is 0 Å². The minimum Gasteiger partial charge on any atom is -0.399 e. The predicted molar refractivity (Wildman–Crippen MR) is 89.0 cm³/mol. The van der Waals surface area contributed by atoms with E-state index in [2.05, 4.69) is 6.58 Å². The Morgan fingerprint density at radius 1 is 0.762 bits per heavy atom. The Bertz CT molecular complexity index is 684. The first kappa shape index (κ1) is 14.4. The number of allylic oxidation sites excluding steroid dienone is 1. The summed E-state index contributed by atoms with van der Waals surface area (Å²) in [5.41, 5.74) is 50.3. The second kappa shape index (κ2) is 4.53. The van der Waals surface area contributed by atoms with Crippen molar-refractivity contribution in [3.8, 4) is 0 Å². The van der Waals surface area contributed by atoms with Crippen LogP contribution in [0.4, 0.5) is 28.4 Å². The highest BCUT2D eigenvalue weighted by molar-refractivity contribution is 6.06. The van der Waals surface area contributed by atoms with E-state index in [-0.39, 0.29) is 34.1 Å². The number of benzene rings is 1. The molecule has 0 radical (unpaired) electrons. The predicted octanol–water partition coefficient (Wildman–Crippen LogP) is -0.993. The zero-order valence-electron chi connectivity index (χ0n) is 11.5. The van der Waals surface area contributed by atoms with Gasteiger partial charge in [-0.15, -0.1) is 0 Å². The standard InChI is InChI=1S/C13H20N8/c1-2-3-4(7(15)10(18)6(3)14)5-8(16)11(19)13(21)12(20)9(5)17/h2,6H,1,14-21H2. The van der Waals surface area contributed by atoms with Gasteiger partial charge >= 0.3 is 0 Å². The normalized spacial score (nSPS) is 18.4. The van der Waals surface area contributed by atoms with E-state index in [9.17, 15) is 0 Å². The molecule has 0 aromatic heterocycles. The van der Waals surface area contributed by atoms with Crippen LogP contribution in [0, 0.1) is 0 Å². The van der Waals surface area contributed by atoms with Crippen LogP contribution in [0.1, 0.15) is 5.56 Å². The summed E-state index contributed by atoms with van der Waals surface area (Å²) in [5.74, 6) is 0. The van der Waals surface area contributed by atoms with E-state index in [1.165, 1.54) is 0 Å². The van der Waals surface area contributed by atoms with Crippen LogP contribution in [-0.4, -0.2) is 6.04 Å². The number of hydrogen-bond donors (Lipinski definition) is 8. The molecule has 0 amide bonds. The van der Waals surface area contributed by atoms with Crippen molar-refractivity contribution in [1.82, 2.24) is 0 Å². The maximum atomic E-state index is 6.03. The molecule has 0 bridgehead atoms. The lowest BCUT2D eigenvalue weighted by atomic mass is 9.94. The summed E-state index contributed by atoms with van der Waals surface area (Å²) in [4.78, 5) is 0. The molecule has 0 aliphatic heterocycles. The molecule has 0 saturated carbocycles. The Morgan fingerprint density at radius 2 is 1.19 bits per heavy atom. The second-order valence-corrected chi connectivity index (χ2v) is 4.82. The van der Waals surface area contributed by atoms with Gasteiger partial charge in [-0.05, 0) is 5.57 Å². The average molecular weight is 288 g/mol. The summed E-state index contributed by atoms with van der Waals surface area (Å²) in [6.07, 6.45) is 1.55. The first-order valence-electron chi connectivity index (χ1n) is 6.13. The van der Waals surface area contributed by atoms with Gasteiger partial charge in [-0.3, -0.25) is 0 Å². The first-order chi connectivity index (χ1) is 9.73. The molecule has 1 atom stereocenters. The van der Waals surface area contributed by atoms with E-state index in [4.69, 9.17) is 45.9 Å². The molecule has 1 unspecified atom stereocenters. The number of hydrogen-bond acceptors (Lipinski definition) is 8. The van der Waals surface area contributed by atoms with Crippen LogP contribution < -0.4 is 45.9 Å². The molecule has 0 heterocycles. The monoisotopic (exact) mass is 288 g/mol. The summed E-state index contributed by atoms with van der Waals surface area (Å²) >= 11 is 0. The molecule has 8 heteroatoms. The van der Waals surface area contributed by atoms with Crippen LogP contribution in [0.25, 0.3) is 5.57 Å². The Kier molecular flexibility index (Phi) is 3.11. The van der Waals surface area contributed by atoms with Gasteiger partial charge in [0.25, 0.3) is 0 Å². The lowest BCUT2D eigenvalue weighted by molar-refractivity contribution is 0.908. The van der Waals surface area contributed by atoms with Crippen LogP contribution >= 0.6 is 0 Å². The Balaban J connectivity index is 2.91. The maximum absolute atomic E-state index is 6.03. The topological polar surface area (TPSA) is 208 Å². The van der Waals surface area contributed by atoms with Crippen molar-refractivity contribution in [2.45, 2.75) is 6.04 Å². The van der Waals surface area contributed by atoms with Crippen LogP contribution in [0.2, 0.25) is 0 Å². The van der Waals surface area contributed by atoms with Crippen LogP contribution in [0.3, 0.4) is 0 Å². The van der Waals surface area contributed by atoms with Gasteiger partial charge in [-0.1, -0.05) is 12.7 Å². The second-order valence-electron chi connectivity index (χ2n) is 4.82. The molecular formula is C13H20N8. The van der Waals surface area contributed by atoms with Crippen molar-refractivity contribution >= 4 is 34.0 Å². The van der Waals surface area contributed by atoms with Gasteiger partial charge < -0.3 is 45.9 Å². The van der Waals surface area contributed by atoms with Crippen LogP contribution in [0.15, 0.2) is 29.6 Å². The zero-order chi connectivity index (χ0) is 16.1. The van der Waals surface area contributed by atoms with Crippen molar-refractivity contribution in [1.29, 1.82) is 0 Å². The molecule has 1 aliphatic rings. The van der Waals surface area contributed by atoms with E-state index in [0.717, 1.165) is 0 Å². The van der Waals surface area contributed by atoms with Gasteiger partial charge in [0.05, 0.1) is 45.9 Å². The molecule has 1 aromatic rings. The number of nitrogen functional groups attached to an aromatic ring is 5. The Labute approximate surface area is 122 Å². The third kappa shape index (κ3) is 1.73. The van der Waals surface area contributed by atoms with Crippen molar-refractivity contribution in [2.75, 3.05) is 28.7 Å². The van der Waals surface area contributed by atoms with Gasteiger partial charge in [0, 0.05) is 11.1 Å². The van der Waals surface area contributed by atoms with Crippen LogP contribution in [0.5, 0.6) is 0 Å². The lowest BCUT2D eigenvalue weighted by Crippen LogP contribution is -2.27. The highest BCUT2D eigenvalue weighted by atomic mass is 14.8. The molecule has 0 fully saturated rings. The molecule has 1 aromatic carbocycles. The number of nitrogens with two attached hydrogens (primary N) is 8. The van der Waals surface area contributed by atoms with E-state index in [1.807, 2.05) is 0 Å². The van der Waals surface area contributed by atoms with Gasteiger partial charge in [-0.2, -0.15) is 0 Å². The van der Waals surface area contributed by atoms with E-state index < -0.39 is 6.04 Å². The fourth-order valence-corrected chi connectivity index (χ4v) is 2.42. The molecule has 8 nitrogen and oxygen atoms in total. The SMILES string of the molecule is C=CC1=C(c2c(N)c(N)c(N)c(N)c2N)C(N)=C(N)C1N. The quantitative estimate of drug-likeness (QED) is 0.316. The van der Waals surface area contributed by atoms with E-state index >= 15 is 0 Å². The zero-order valence-corrected chi connectivity index (χ0v) is 11.5. The highest BCUT2D eigenvalue weighted by Gasteiger charge is 2.31. The molecule has 1 aliphatic carbocycles. The summed E-state index contributed by atoms with van der Waals surface area (Å²) in [6.45, 7) is 3.72. The number of anilines is 5. The Morgan fingerprint density at radius 3 is 1.62 bits per heavy atom. The average Bonchev–Trinajstić information content (AvgIpc) is 2.68. The fourth-order valence-electron chi connectivity index (χ4n) is 2.42. The summed E-state index contributed by atoms with van der Waals surface area (Å²) < 4.78 is 0. The summed E-state index contributed by atoms with van der Waals surface area (Å²) in [6, 6.07) is -0.587. The largest absolute Gasteiger partial charge is 0.399 e. The molecule has 2 rings (SSSR count). The van der Waals surface area contributed by atoms with E-state index in [1.54, 1.807) is 6.08 Å². The minimum absolute atomic E-state index is 0.132. The van der Waals surface area contributed by atoms with Crippen molar-refractivity contribution in [3.63, 3.8) is 0 Å². The molecule has 16 N–H and O–H groups in total. The lowest BCUT2D eigenvalue weighted by Gasteiger charge is -2.19. The minimum atomic E-state index is -0.587. The first-order valence-corrected chi connectivity index (χ1v) is 6.13. The van der Waals surface area contributed by atoms with Gasteiger partial charge in [-0.25, -0.2) is 0 Å². The Hall–Kier alpha value is -3.00. The van der Waals surface area contributed by atoms with Gasteiger partial charge in [0.2, 0.25) is 0 Å². The molecule has 21 heavy (non-hydrogen) atoms. The number of rotatable bonds is 2. The van der Waals surface area contributed by atoms with Crippen molar-refractivity contribution in [3.05, 3.63) is 35.2 Å². The molecule has 0 spiro atoms.